The lowest BCUT2D eigenvalue weighted by Crippen LogP contribution is -1.96. The van der Waals surface area contributed by atoms with Crippen LogP contribution in [-0.4, -0.2) is 36.8 Å². The van der Waals surface area contributed by atoms with Crippen molar-refractivity contribution < 1.29 is 9.59 Å². The summed E-state index contributed by atoms with van der Waals surface area (Å²) in [5.41, 5.74) is 1.21. The summed E-state index contributed by atoms with van der Waals surface area (Å²) in [6, 6.07) is 10.1. The van der Waals surface area contributed by atoms with Crippen LogP contribution >= 0.6 is 23.5 Å². The molecule has 0 aliphatic rings. The van der Waals surface area contributed by atoms with Gasteiger partial charge < -0.3 is 0 Å². The lowest BCUT2D eigenvalue weighted by Gasteiger charge is -2.15. The Labute approximate surface area is 120 Å². The Morgan fingerprint density at radius 1 is 0.947 bits per heavy atom. The minimum absolute atomic E-state index is 0.255. The average molecular weight is 294 g/mol. The fourth-order valence-electron chi connectivity index (χ4n) is 1.35. The maximum atomic E-state index is 10.0. The number of rotatable bonds is 9. The molecule has 4 nitrogen and oxygen atoms in total. The van der Waals surface area contributed by atoms with E-state index in [9.17, 15) is 9.59 Å². The van der Waals surface area contributed by atoms with Crippen molar-refractivity contribution in [1.82, 2.24) is 0 Å². The van der Waals surface area contributed by atoms with Gasteiger partial charge in [0.25, 0.3) is 0 Å². The summed E-state index contributed by atoms with van der Waals surface area (Å²) in [7, 11) is 0. The molecule has 0 atom stereocenters. The minimum Gasteiger partial charge on any atom is -0.211 e. The molecule has 0 fully saturated rings. The molecule has 6 heteroatoms. The molecule has 0 bridgehead atoms. The molecule has 0 saturated carbocycles. The van der Waals surface area contributed by atoms with E-state index in [0.29, 0.717) is 13.1 Å². The smallest absolute Gasteiger partial charge is 0.211 e. The van der Waals surface area contributed by atoms with Crippen LogP contribution in [0.15, 0.2) is 40.3 Å². The minimum atomic E-state index is 0.255. The van der Waals surface area contributed by atoms with Gasteiger partial charge in [0.05, 0.1) is 17.7 Å². The van der Waals surface area contributed by atoms with Crippen molar-refractivity contribution in [2.75, 3.05) is 24.6 Å². The third kappa shape index (κ3) is 6.99. The molecule has 100 valence electrons. The maximum Gasteiger partial charge on any atom is 0.234 e. The molecule has 0 unspecified atom stereocenters. The molecule has 1 rings (SSSR count). The number of isocyanates is 2. The Hall–Kier alpha value is -1.32. The highest BCUT2D eigenvalue weighted by Gasteiger charge is 2.11. The molecular weight excluding hydrogens is 280 g/mol. The molecule has 1 aromatic rings. The van der Waals surface area contributed by atoms with Gasteiger partial charge in [-0.05, 0) is 5.56 Å². The summed E-state index contributed by atoms with van der Waals surface area (Å²) in [4.78, 5) is 27.1. The second kappa shape index (κ2) is 10.6. The zero-order valence-electron chi connectivity index (χ0n) is 10.3. The van der Waals surface area contributed by atoms with E-state index in [1.807, 2.05) is 18.2 Å². The van der Waals surface area contributed by atoms with Crippen molar-refractivity contribution >= 4 is 35.7 Å². The van der Waals surface area contributed by atoms with E-state index in [1.54, 1.807) is 23.5 Å². The standard InChI is InChI=1S/C13H14N2O2S2/c16-10-14-6-8-18-13(19-9-7-15-11-17)12-4-2-1-3-5-12/h1-5,13H,6-9H2. The molecule has 0 N–H and O–H groups in total. The predicted octanol–water partition coefficient (Wildman–Crippen LogP) is 2.82. The van der Waals surface area contributed by atoms with Gasteiger partial charge in [-0.3, -0.25) is 0 Å². The molecule has 0 saturated heterocycles. The van der Waals surface area contributed by atoms with Crippen molar-refractivity contribution in [1.29, 1.82) is 0 Å². The van der Waals surface area contributed by atoms with E-state index in [2.05, 4.69) is 22.1 Å². The van der Waals surface area contributed by atoms with E-state index in [-0.39, 0.29) is 4.58 Å². The number of thioether (sulfide) groups is 2. The molecule has 0 radical (unpaired) electrons. The third-order valence-corrected chi connectivity index (χ3v) is 4.95. The second-order valence-electron chi connectivity index (χ2n) is 3.43. The van der Waals surface area contributed by atoms with Gasteiger partial charge >= 0.3 is 0 Å². The van der Waals surface area contributed by atoms with Crippen LogP contribution in [0.3, 0.4) is 0 Å². The number of hydrogen-bond acceptors (Lipinski definition) is 6. The Bertz CT molecular complexity index is 431. The monoisotopic (exact) mass is 294 g/mol. The first kappa shape index (κ1) is 15.7. The third-order valence-electron chi connectivity index (χ3n) is 2.15. The van der Waals surface area contributed by atoms with Crippen molar-refractivity contribution in [3.8, 4) is 0 Å². The summed E-state index contributed by atoms with van der Waals surface area (Å²) >= 11 is 3.45. The van der Waals surface area contributed by atoms with Crippen LogP contribution in [0.2, 0.25) is 0 Å². The predicted molar refractivity (Wildman–Crippen MR) is 80.1 cm³/mol. The van der Waals surface area contributed by atoms with Crippen LogP contribution in [0.25, 0.3) is 0 Å². The highest BCUT2D eigenvalue weighted by atomic mass is 32.2. The Morgan fingerprint density at radius 3 is 1.95 bits per heavy atom. The summed E-state index contributed by atoms with van der Waals surface area (Å²) in [6.45, 7) is 0.953. The molecule has 0 aromatic heterocycles. The average Bonchev–Trinajstić information content (AvgIpc) is 2.46. The van der Waals surface area contributed by atoms with Gasteiger partial charge in [-0.1, -0.05) is 30.3 Å². The van der Waals surface area contributed by atoms with Crippen molar-refractivity contribution in [3.05, 3.63) is 35.9 Å². The number of carbonyl (C=O) groups excluding carboxylic acids is 2. The lowest BCUT2D eigenvalue weighted by molar-refractivity contribution is 0.562. The number of hydrogen-bond donors (Lipinski definition) is 0. The summed E-state index contributed by atoms with van der Waals surface area (Å²) in [5, 5.41) is 0. The topological polar surface area (TPSA) is 58.9 Å². The van der Waals surface area contributed by atoms with Crippen LogP contribution in [0.4, 0.5) is 0 Å². The summed E-state index contributed by atoms with van der Waals surface area (Å²) < 4.78 is 0.255. The lowest BCUT2D eigenvalue weighted by atomic mass is 10.2. The molecular formula is C13H14N2O2S2. The van der Waals surface area contributed by atoms with E-state index in [0.717, 1.165) is 11.5 Å². The van der Waals surface area contributed by atoms with E-state index < -0.39 is 0 Å². The van der Waals surface area contributed by atoms with Crippen molar-refractivity contribution in [3.63, 3.8) is 0 Å². The molecule has 0 amide bonds. The SMILES string of the molecule is O=C=NCCSC(SCCN=C=O)c1ccccc1. The number of aliphatic imine (C=N–C) groups is 2. The molecule has 1 aromatic carbocycles. The Morgan fingerprint density at radius 2 is 1.47 bits per heavy atom. The molecule has 19 heavy (non-hydrogen) atoms. The molecule has 0 aliphatic heterocycles. The fraction of sp³-hybridized carbons (Fsp3) is 0.385. The van der Waals surface area contributed by atoms with Crippen LogP contribution in [0.1, 0.15) is 10.1 Å². The Kier molecular flexibility index (Phi) is 8.77. The van der Waals surface area contributed by atoms with Gasteiger partial charge in [-0.15, -0.1) is 23.5 Å². The van der Waals surface area contributed by atoms with Crippen LogP contribution in [0, 0.1) is 0 Å². The molecule has 0 spiro atoms. The van der Waals surface area contributed by atoms with Crippen molar-refractivity contribution in [2.24, 2.45) is 9.98 Å². The highest BCUT2D eigenvalue weighted by molar-refractivity contribution is 8.16. The first-order valence-corrected chi connectivity index (χ1v) is 7.83. The number of nitrogens with zero attached hydrogens (tertiary/aromatic N) is 2. The zero-order valence-corrected chi connectivity index (χ0v) is 12.0. The first-order valence-electron chi connectivity index (χ1n) is 5.74. The quantitative estimate of drug-likeness (QED) is 0.304. The maximum absolute atomic E-state index is 10.0. The van der Waals surface area contributed by atoms with Gasteiger partial charge in [-0.2, -0.15) is 0 Å². The van der Waals surface area contributed by atoms with E-state index >= 15 is 0 Å². The number of benzene rings is 1. The van der Waals surface area contributed by atoms with Gasteiger partial charge in [0.15, 0.2) is 0 Å². The van der Waals surface area contributed by atoms with Crippen LogP contribution < -0.4 is 0 Å². The normalized spacial score (nSPS) is 11.2. The largest absolute Gasteiger partial charge is 0.234 e. The molecule has 0 aliphatic carbocycles. The second-order valence-corrected chi connectivity index (χ2v) is 6.15. The Balaban J connectivity index is 2.52. The fourth-order valence-corrected chi connectivity index (χ4v) is 3.84. The van der Waals surface area contributed by atoms with E-state index in [1.165, 1.54) is 17.7 Å². The van der Waals surface area contributed by atoms with Crippen molar-refractivity contribution in [2.45, 2.75) is 4.58 Å². The van der Waals surface area contributed by atoms with Gasteiger partial charge in [-0.25, -0.2) is 19.6 Å². The van der Waals surface area contributed by atoms with E-state index in [4.69, 9.17) is 0 Å². The van der Waals surface area contributed by atoms with Gasteiger partial charge in [0.2, 0.25) is 12.2 Å². The van der Waals surface area contributed by atoms with Gasteiger partial charge in [0, 0.05) is 11.5 Å². The zero-order chi connectivity index (χ0) is 13.8. The highest BCUT2D eigenvalue weighted by Crippen LogP contribution is 2.38. The molecule has 0 heterocycles. The van der Waals surface area contributed by atoms with Crippen LogP contribution in [0.5, 0.6) is 0 Å². The van der Waals surface area contributed by atoms with Crippen LogP contribution in [-0.2, 0) is 9.59 Å². The first-order chi connectivity index (χ1) is 9.38. The van der Waals surface area contributed by atoms with Gasteiger partial charge in [0.1, 0.15) is 0 Å². The summed E-state index contributed by atoms with van der Waals surface area (Å²) in [5.74, 6) is 1.53. The summed E-state index contributed by atoms with van der Waals surface area (Å²) in [6.07, 6.45) is 3.08.